The van der Waals surface area contributed by atoms with Crippen LogP contribution in [0.3, 0.4) is 0 Å². The highest BCUT2D eigenvalue weighted by atomic mass is 32.2. The Kier molecular flexibility index (Phi) is 4.89. The summed E-state index contributed by atoms with van der Waals surface area (Å²) in [6.45, 7) is 1.18. The first-order chi connectivity index (χ1) is 11.3. The highest BCUT2D eigenvalue weighted by Gasteiger charge is 2.35. The summed E-state index contributed by atoms with van der Waals surface area (Å²) < 4.78 is 26.5. The zero-order chi connectivity index (χ0) is 17.9. The Morgan fingerprint density at radius 3 is 2.04 bits per heavy atom. The lowest BCUT2D eigenvalue weighted by atomic mass is 10.1. The molecule has 0 aliphatic heterocycles. The number of nitrogens with zero attached hydrogens (tertiary/aromatic N) is 1. The third-order valence-corrected chi connectivity index (χ3v) is 5.28. The van der Waals surface area contributed by atoms with E-state index in [1.54, 1.807) is 6.07 Å². The first-order valence-corrected chi connectivity index (χ1v) is 8.35. The van der Waals surface area contributed by atoms with E-state index in [0.717, 1.165) is 0 Å². The van der Waals surface area contributed by atoms with E-state index < -0.39 is 28.0 Å². The second-order valence-electron chi connectivity index (χ2n) is 4.95. The van der Waals surface area contributed by atoms with E-state index in [9.17, 15) is 28.2 Å². The smallest absolute Gasteiger partial charge is 0.337 e. The molecule has 0 aliphatic rings. The molecule has 1 unspecified atom stereocenters. The molecule has 0 amide bonds. The predicted molar refractivity (Wildman–Crippen MR) is 86.6 cm³/mol. The lowest BCUT2D eigenvalue weighted by Gasteiger charge is -2.29. The van der Waals surface area contributed by atoms with Crippen LogP contribution in [0.1, 0.15) is 17.3 Å². The number of aliphatic carboxylic acids is 1. The Morgan fingerprint density at radius 1 is 0.958 bits per heavy atom. The van der Waals surface area contributed by atoms with Crippen LogP contribution in [0.4, 0.5) is 5.69 Å². The second kappa shape index (κ2) is 6.71. The van der Waals surface area contributed by atoms with Gasteiger partial charge in [0.1, 0.15) is 6.04 Å². The first kappa shape index (κ1) is 17.5. The summed E-state index contributed by atoms with van der Waals surface area (Å²) in [5.41, 5.74) is -0.506. The van der Waals surface area contributed by atoms with Crippen molar-refractivity contribution in [3.63, 3.8) is 0 Å². The topological polar surface area (TPSA) is 112 Å². The summed E-state index contributed by atoms with van der Waals surface area (Å²) in [5.74, 6) is -2.74. The van der Waals surface area contributed by atoms with Crippen LogP contribution in [-0.2, 0) is 14.8 Å². The van der Waals surface area contributed by atoms with Crippen LogP contribution in [-0.4, -0.2) is 36.6 Å². The van der Waals surface area contributed by atoms with Gasteiger partial charge in [0.15, 0.2) is 0 Å². The minimum absolute atomic E-state index is 0.127. The van der Waals surface area contributed by atoms with E-state index in [4.69, 9.17) is 0 Å². The van der Waals surface area contributed by atoms with Crippen LogP contribution in [0, 0.1) is 0 Å². The van der Waals surface area contributed by atoms with Gasteiger partial charge >= 0.3 is 11.9 Å². The molecule has 0 spiro atoms. The predicted octanol–water partition coefficient (Wildman–Crippen LogP) is 2.05. The number of para-hydroxylation sites is 1. The number of benzene rings is 2. The molecule has 2 N–H and O–H groups in total. The van der Waals surface area contributed by atoms with Gasteiger partial charge in [-0.2, -0.15) is 0 Å². The maximum atomic E-state index is 12.9. The highest BCUT2D eigenvalue weighted by Crippen LogP contribution is 2.29. The zero-order valence-corrected chi connectivity index (χ0v) is 13.5. The van der Waals surface area contributed by atoms with E-state index in [0.29, 0.717) is 4.31 Å². The number of sulfonamides is 1. The maximum absolute atomic E-state index is 12.9. The van der Waals surface area contributed by atoms with Gasteiger partial charge in [0.2, 0.25) is 0 Å². The van der Waals surface area contributed by atoms with E-state index >= 15 is 0 Å². The van der Waals surface area contributed by atoms with Crippen molar-refractivity contribution in [1.29, 1.82) is 0 Å². The van der Waals surface area contributed by atoms with Crippen molar-refractivity contribution in [1.82, 2.24) is 0 Å². The van der Waals surface area contributed by atoms with E-state index in [-0.39, 0.29) is 16.1 Å². The number of carboxylic acids is 2. The van der Waals surface area contributed by atoms with Gasteiger partial charge < -0.3 is 10.2 Å². The molecule has 0 radical (unpaired) electrons. The van der Waals surface area contributed by atoms with Crippen molar-refractivity contribution < 1.29 is 28.2 Å². The first-order valence-electron chi connectivity index (χ1n) is 6.91. The molecule has 8 heteroatoms. The van der Waals surface area contributed by atoms with Gasteiger partial charge in [0.05, 0.1) is 16.1 Å². The van der Waals surface area contributed by atoms with Crippen LogP contribution in [0.5, 0.6) is 0 Å². The molecule has 7 nitrogen and oxygen atoms in total. The minimum atomic E-state index is -4.27. The molecular weight excluding hydrogens is 334 g/mol. The molecule has 0 saturated heterocycles. The van der Waals surface area contributed by atoms with E-state index in [1.165, 1.54) is 55.5 Å². The summed E-state index contributed by atoms with van der Waals surface area (Å²) in [6, 6.07) is 11.1. The standard InChI is InChI=1S/C16H15NO6S/c1-11(15(18)19)17(14-10-6-5-9-13(14)16(20)21)24(22,23)12-7-3-2-4-8-12/h2-11H,1H3,(H,18,19)(H,20,21). The molecule has 126 valence electrons. The van der Waals surface area contributed by atoms with Crippen LogP contribution >= 0.6 is 0 Å². The highest BCUT2D eigenvalue weighted by molar-refractivity contribution is 7.93. The van der Waals surface area contributed by atoms with Crippen molar-refractivity contribution >= 4 is 27.6 Å². The Morgan fingerprint density at radius 2 is 1.50 bits per heavy atom. The van der Waals surface area contributed by atoms with Crippen LogP contribution in [0.15, 0.2) is 59.5 Å². The maximum Gasteiger partial charge on any atom is 0.337 e. The lowest BCUT2D eigenvalue weighted by Crippen LogP contribution is -2.44. The fraction of sp³-hybridized carbons (Fsp3) is 0.125. The molecule has 0 aromatic heterocycles. The molecule has 2 rings (SSSR count). The van der Waals surface area contributed by atoms with Gasteiger partial charge in [0.25, 0.3) is 10.0 Å². The summed E-state index contributed by atoms with van der Waals surface area (Å²) in [6.07, 6.45) is 0. The van der Waals surface area contributed by atoms with Crippen molar-refractivity contribution in [2.24, 2.45) is 0 Å². The molecule has 2 aromatic rings. The second-order valence-corrected chi connectivity index (χ2v) is 6.77. The average molecular weight is 349 g/mol. The Hall–Kier alpha value is -2.87. The average Bonchev–Trinajstić information content (AvgIpc) is 2.55. The Labute approximate surface area is 138 Å². The fourth-order valence-corrected chi connectivity index (χ4v) is 3.85. The number of aromatic carboxylic acids is 1. The van der Waals surface area contributed by atoms with Gasteiger partial charge in [-0.3, -0.25) is 4.31 Å². The quantitative estimate of drug-likeness (QED) is 0.825. The molecular formula is C16H15NO6S. The summed E-state index contributed by atoms with van der Waals surface area (Å²) in [4.78, 5) is 22.7. The number of hydrogen-bond donors (Lipinski definition) is 2. The molecule has 2 aromatic carbocycles. The molecule has 24 heavy (non-hydrogen) atoms. The monoisotopic (exact) mass is 349 g/mol. The number of rotatable bonds is 6. The largest absolute Gasteiger partial charge is 0.480 e. The minimum Gasteiger partial charge on any atom is -0.480 e. The third kappa shape index (κ3) is 3.23. The van der Waals surface area contributed by atoms with Crippen molar-refractivity contribution in [3.8, 4) is 0 Å². The van der Waals surface area contributed by atoms with E-state index in [2.05, 4.69) is 0 Å². The normalized spacial score (nSPS) is 12.4. The SMILES string of the molecule is CC(C(=O)O)N(c1ccccc1C(=O)O)S(=O)(=O)c1ccccc1. The Bertz CT molecular complexity index is 863. The van der Waals surface area contributed by atoms with Crippen LogP contribution < -0.4 is 4.31 Å². The molecule has 0 saturated carbocycles. The number of hydrogen-bond acceptors (Lipinski definition) is 4. The lowest BCUT2D eigenvalue weighted by molar-refractivity contribution is -0.137. The van der Waals surface area contributed by atoms with Crippen LogP contribution in [0.25, 0.3) is 0 Å². The van der Waals surface area contributed by atoms with Gasteiger partial charge in [-0.15, -0.1) is 0 Å². The zero-order valence-electron chi connectivity index (χ0n) is 12.7. The fourth-order valence-electron chi connectivity index (χ4n) is 2.20. The van der Waals surface area contributed by atoms with Crippen molar-refractivity contribution in [3.05, 3.63) is 60.2 Å². The number of anilines is 1. The van der Waals surface area contributed by atoms with Crippen molar-refractivity contribution in [2.45, 2.75) is 17.9 Å². The van der Waals surface area contributed by atoms with Crippen LogP contribution in [0.2, 0.25) is 0 Å². The van der Waals surface area contributed by atoms with Gasteiger partial charge in [-0.1, -0.05) is 30.3 Å². The van der Waals surface area contributed by atoms with Gasteiger partial charge in [-0.25, -0.2) is 18.0 Å². The third-order valence-electron chi connectivity index (χ3n) is 3.38. The van der Waals surface area contributed by atoms with E-state index in [1.807, 2.05) is 0 Å². The molecule has 0 heterocycles. The molecule has 0 fully saturated rings. The molecule has 0 bridgehead atoms. The van der Waals surface area contributed by atoms with Gasteiger partial charge in [0, 0.05) is 0 Å². The summed E-state index contributed by atoms with van der Waals surface area (Å²) in [7, 11) is -4.27. The number of carbonyl (C=O) groups is 2. The molecule has 1 atom stereocenters. The van der Waals surface area contributed by atoms with Gasteiger partial charge in [-0.05, 0) is 31.2 Å². The summed E-state index contributed by atoms with van der Waals surface area (Å²) in [5, 5.41) is 18.6. The Balaban J connectivity index is 2.73. The summed E-state index contributed by atoms with van der Waals surface area (Å²) >= 11 is 0. The number of carboxylic acid groups (broad SMARTS) is 2. The molecule has 0 aliphatic carbocycles. The van der Waals surface area contributed by atoms with Crippen molar-refractivity contribution in [2.75, 3.05) is 4.31 Å².